The fraction of sp³-hybridized carbons (Fsp3) is 0.167. The monoisotopic (exact) mass is 405 g/mol. The minimum atomic E-state index is -0.0883. The van der Waals surface area contributed by atoms with E-state index < -0.39 is 0 Å². The summed E-state index contributed by atoms with van der Waals surface area (Å²) in [4.78, 5) is 29.4. The SMILES string of the molecule is CC(=O)NCc1ccc(C(=O)CSc2nccn2-c2cccc(Cl)c2)s1. The van der Waals surface area contributed by atoms with Crippen LogP contribution in [0.4, 0.5) is 0 Å². The minimum absolute atomic E-state index is 0.0368. The van der Waals surface area contributed by atoms with Crippen LogP contribution in [0.3, 0.4) is 0 Å². The second-order valence-corrected chi connectivity index (χ2v) is 7.99. The topological polar surface area (TPSA) is 64.0 Å². The number of rotatable bonds is 7. The third-order valence-corrected chi connectivity index (χ3v) is 5.80. The van der Waals surface area contributed by atoms with Crippen molar-refractivity contribution in [1.82, 2.24) is 14.9 Å². The van der Waals surface area contributed by atoms with Gasteiger partial charge in [0.05, 0.1) is 17.2 Å². The van der Waals surface area contributed by atoms with Crippen molar-refractivity contribution in [1.29, 1.82) is 0 Å². The number of thioether (sulfide) groups is 1. The summed E-state index contributed by atoms with van der Waals surface area (Å²) in [6, 6.07) is 11.1. The Morgan fingerprint density at radius 3 is 2.92 bits per heavy atom. The van der Waals surface area contributed by atoms with Crippen LogP contribution in [0.1, 0.15) is 21.5 Å². The number of nitrogens with zero attached hydrogens (tertiary/aromatic N) is 2. The van der Waals surface area contributed by atoms with Crippen LogP contribution in [-0.4, -0.2) is 27.0 Å². The number of imidazole rings is 1. The number of hydrogen-bond acceptors (Lipinski definition) is 5. The Labute approximate surface area is 164 Å². The molecule has 3 rings (SSSR count). The molecule has 5 nitrogen and oxygen atoms in total. The lowest BCUT2D eigenvalue weighted by atomic mass is 10.3. The molecule has 2 heterocycles. The van der Waals surface area contributed by atoms with Gasteiger partial charge in [0.25, 0.3) is 0 Å². The van der Waals surface area contributed by atoms with Crippen molar-refractivity contribution in [3.05, 3.63) is 63.6 Å². The van der Waals surface area contributed by atoms with Crippen LogP contribution < -0.4 is 5.32 Å². The number of aromatic nitrogens is 2. The number of carbonyl (C=O) groups is 2. The summed E-state index contributed by atoms with van der Waals surface area (Å²) in [5.74, 6) is 0.238. The second kappa shape index (κ2) is 8.53. The fourth-order valence-corrected chi connectivity index (χ4v) is 4.27. The molecule has 8 heteroatoms. The molecular formula is C18H16ClN3O2S2. The Balaban J connectivity index is 1.64. The number of amides is 1. The van der Waals surface area contributed by atoms with E-state index in [2.05, 4.69) is 10.3 Å². The van der Waals surface area contributed by atoms with E-state index in [-0.39, 0.29) is 17.4 Å². The molecule has 0 atom stereocenters. The van der Waals surface area contributed by atoms with Crippen LogP contribution in [0, 0.1) is 0 Å². The molecule has 3 aromatic rings. The lowest BCUT2D eigenvalue weighted by Gasteiger charge is -2.07. The molecule has 1 N–H and O–H groups in total. The normalized spacial score (nSPS) is 10.7. The van der Waals surface area contributed by atoms with E-state index in [0.29, 0.717) is 16.4 Å². The Morgan fingerprint density at radius 2 is 2.15 bits per heavy atom. The van der Waals surface area contributed by atoms with Crippen LogP contribution in [0.25, 0.3) is 5.69 Å². The van der Waals surface area contributed by atoms with Gasteiger partial charge in [-0.1, -0.05) is 29.4 Å². The van der Waals surface area contributed by atoms with E-state index in [0.717, 1.165) is 15.7 Å². The Morgan fingerprint density at radius 1 is 1.31 bits per heavy atom. The van der Waals surface area contributed by atoms with Gasteiger partial charge in [-0.3, -0.25) is 14.2 Å². The third kappa shape index (κ3) is 4.75. The summed E-state index contributed by atoms with van der Waals surface area (Å²) in [7, 11) is 0. The maximum absolute atomic E-state index is 12.4. The van der Waals surface area contributed by atoms with Crippen molar-refractivity contribution >= 4 is 46.4 Å². The van der Waals surface area contributed by atoms with E-state index in [1.165, 1.54) is 30.0 Å². The van der Waals surface area contributed by atoms with Gasteiger partial charge in [0.1, 0.15) is 0 Å². The van der Waals surface area contributed by atoms with Crippen LogP contribution in [-0.2, 0) is 11.3 Å². The van der Waals surface area contributed by atoms with Crippen molar-refractivity contribution in [3.63, 3.8) is 0 Å². The Kier molecular flexibility index (Phi) is 6.13. The van der Waals surface area contributed by atoms with E-state index >= 15 is 0 Å². The maximum Gasteiger partial charge on any atom is 0.217 e. The Bertz CT molecular complexity index is 936. The average molecular weight is 406 g/mol. The number of thiophene rings is 1. The molecule has 0 bridgehead atoms. The van der Waals surface area contributed by atoms with Gasteiger partial charge < -0.3 is 5.32 Å². The van der Waals surface area contributed by atoms with E-state index in [9.17, 15) is 9.59 Å². The van der Waals surface area contributed by atoms with Gasteiger partial charge in [-0.15, -0.1) is 11.3 Å². The number of Topliss-reactive ketones (excluding diaryl/α,β-unsaturated/α-hetero) is 1. The van der Waals surface area contributed by atoms with E-state index in [4.69, 9.17) is 11.6 Å². The van der Waals surface area contributed by atoms with E-state index in [1.54, 1.807) is 12.3 Å². The molecule has 134 valence electrons. The van der Waals surface area contributed by atoms with Crippen LogP contribution >= 0.6 is 34.7 Å². The molecule has 0 aliphatic carbocycles. The van der Waals surface area contributed by atoms with Gasteiger partial charge in [-0.25, -0.2) is 4.98 Å². The van der Waals surface area contributed by atoms with Crippen molar-refractivity contribution in [3.8, 4) is 5.69 Å². The molecule has 0 saturated carbocycles. The van der Waals surface area contributed by atoms with E-state index in [1.807, 2.05) is 41.1 Å². The molecule has 2 aromatic heterocycles. The zero-order valence-electron chi connectivity index (χ0n) is 13.9. The van der Waals surface area contributed by atoms with Gasteiger partial charge in [-0.05, 0) is 30.3 Å². The highest BCUT2D eigenvalue weighted by molar-refractivity contribution is 7.99. The van der Waals surface area contributed by atoms with Crippen LogP contribution in [0.2, 0.25) is 5.02 Å². The molecule has 0 saturated heterocycles. The highest BCUT2D eigenvalue weighted by atomic mass is 35.5. The zero-order valence-corrected chi connectivity index (χ0v) is 16.3. The van der Waals surface area contributed by atoms with Crippen molar-refractivity contribution in [2.75, 3.05) is 5.75 Å². The molecule has 1 aromatic carbocycles. The molecule has 0 aliphatic heterocycles. The largest absolute Gasteiger partial charge is 0.351 e. The zero-order chi connectivity index (χ0) is 18.5. The van der Waals surface area contributed by atoms with Gasteiger partial charge in [0.15, 0.2) is 10.9 Å². The number of hydrogen-bond donors (Lipinski definition) is 1. The molecule has 1 amide bonds. The molecule has 0 spiro atoms. The average Bonchev–Trinajstić information content (AvgIpc) is 3.27. The highest BCUT2D eigenvalue weighted by Gasteiger charge is 2.13. The summed E-state index contributed by atoms with van der Waals surface area (Å²) in [5.41, 5.74) is 0.902. The highest BCUT2D eigenvalue weighted by Crippen LogP contribution is 2.25. The Hall–Kier alpha value is -2.09. The van der Waals surface area contributed by atoms with Gasteiger partial charge in [0, 0.05) is 34.9 Å². The number of nitrogens with one attached hydrogen (secondary N) is 1. The second-order valence-electron chi connectivity index (χ2n) is 5.45. The lowest BCUT2D eigenvalue weighted by molar-refractivity contribution is -0.119. The van der Waals surface area contributed by atoms with Crippen molar-refractivity contribution in [2.24, 2.45) is 0 Å². The summed E-state index contributed by atoms with van der Waals surface area (Å²) >= 11 is 8.83. The molecular weight excluding hydrogens is 390 g/mol. The standard InChI is InChI=1S/C18H16ClN3O2S2/c1-12(23)21-10-15-5-6-17(26-15)16(24)11-25-18-20-7-8-22(18)14-4-2-3-13(19)9-14/h2-9H,10-11H2,1H3,(H,21,23). The smallest absolute Gasteiger partial charge is 0.217 e. The first kappa shape index (κ1) is 18.7. The molecule has 0 unspecified atom stereocenters. The molecule has 0 aliphatic rings. The number of ketones is 1. The lowest BCUT2D eigenvalue weighted by Crippen LogP contribution is -2.18. The maximum atomic E-state index is 12.4. The summed E-state index contributed by atoms with van der Waals surface area (Å²) < 4.78 is 1.90. The third-order valence-electron chi connectivity index (χ3n) is 3.47. The summed E-state index contributed by atoms with van der Waals surface area (Å²) in [6.07, 6.45) is 3.54. The van der Waals surface area contributed by atoms with Crippen molar-refractivity contribution in [2.45, 2.75) is 18.6 Å². The number of carbonyl (C=O) groups excluding carboxylic acids is 2. The number of benzene rings is 1. The predicted octanol–water partition coefficient (Wildman–Crippen LogP) is 4.20. The first-order chi connectivity index (χ1) is 12.5. The van der Waals surface area contributed by atoms with Gasteiger partial charge >= 0.3 is 0 Å². The minimum Gasteiger partial charge on any atom is -0.351 e. The molecule has 26 heavy (non-hydrogen) atoms. The first-order valence-electron chi connectivity index (χ1n) is 7.81. The first-order valence-corrected chi connectivity index (χ1v) is 9.99. The summed E-state index contributed by atoms with van der Waals surface area (Å²) in [6.45, 7) is 1.91. The van der Waals surface area contributed by atoms with Crippen LogP contribution in [0.5, 0.6) is 0 Å². The van der Waals surface area contributed by atoms with Gasteiger partial charge in [0.2, 0.25) is 5.91 Å². The predicted molar refractivity (Wildman–Crippen MR) is 105 cm³/mol. The quantitative estimate of drug-likeness (QED) is 0.472. The molecule has 0 fully saturated rings. The van der Waals surface area contributed by atoms with Crippen molar-refractivity contribution < 1.29 is 9.59 Å². The fourth-order valence-electron chi connectivity index (χ4n) is 2.25. The molecule has 0 radical (unpaired) electrons. The van der Waals surface area contributed by atoms with Crippen LogP contribution in [0.15, 0.2) is 53.9 Å². The van der Waals surface area contributed by atoms with Gasteiger partial charge in [-0.2, -0.15) is 0 Å². The summed E-state index contributed by atoms with van der Waals surface area (Å²) in [5, 5.41) is 4.11. The number of halogens is 1.